The van der Waals surface area contributed by atoms with E-state index in [-0.39, 0.29) is 35.7 Å². The van der Waals surface area contributed by atoms with Crippen molar-refractivity contribution in [1.82, 2.24) is 4.90 Å². The molecule has 30 heavy (non-hydrogen) atoms. The molecule has 2 aliphatic heterocycles. The first-order valence-electron chi connectivity index (χ1n) is 10.8. The van der Waals surface area contributed by atoms with Crippen LogP contribution in [0.25, 0.3) is 5.57 Å². The minimum absolute atomic E-state index is 0.0178. The minimum atomic E-state index is -0.182. The topological polar surface area (TPSA) is 81.9 Å². The molecule has 1 aromatic carbocycles. The summed E-state index contributed by atoms with van der Waals surface area (Å²) in [5.74, 6) is -0.111. The lowest BCUT2D eigenvalue weighted by Gasteiger charge is -2.38. The summed E-state index contributed by atoms with van der Waals surface area (Å²) in [6.07, 6.45) is 5.67. The molecule has 162 valence electrons. The molecule has 0 radical (unpaired) electrons. The Morgan fingerprint density at radius 2 is 1.90 bits per heavy atom. The molecule has 1 aromatic rings. The first-order chi connectivity index (χ1) is 14.5. The van der Waals surface area contributed by atoms with Gasteiger partial charge in [-0.05, 0) is 56.5 Å². The molecule has 1 saturated heterocycles. The number of halogens is 1. The van der Waals surface area contributed by atoms with Crippen LogP contribution >= 0.6 is 11.6 Å². The van der Waals surface area contributed by atoms with Gasteiger partial charge in [0.15, 0.2) is 5.78 Å². The third kappa shape index (κ3) is 4.88. The van der Waals surface area contributed by atoms with Crippen molar-refractivity contribution < 1.29 is 19.1 Å². The lowest BCUT2D eigenvalue weighted by Crippen LogP contribution is -2.43. The van der Waals surface area contributed by atoms with Crippen LogP contribution in [0.2, 0.25) is 5.02 Å². The fraction of sp³-hybridized carbons (Fsp3) is 0.565. The Hall–Kier alpha value is -1.89. The van der Waals surface area contributed by atoms with Crippen LogP contribution in [0.15, 0.2) is 30.5 Å². The van der Waals surface area contributed by atoms with Crippen LogP contribution in [0.5, 0.6) is 0 Å². The summed E-state index contributed by atoms with van der Waals surface area (Å²) in [6, 6.07) is 7.30. The third-order valence-corrected chi connectivity index (χ3v) is 6.86. The lowest BCUT2D eigenvalue weighted by molar-refractivity contribution is -0.128. The van der Waals surface area contributed by atoms with Crippen LogP contribution in [0.1, 0.15) is 37.7 Å². The number of hydrogen-bond donors (Lipinski definition) is 1. The SMILES string of the molecule is NC(=O)C1CCN(CCOC2CCC3C(=O)C(c4ccc(Cl)cc4)=COC3C2)CC1. The number of nitrogens with zero attached hydrogens (tertiary/aromatic N) is 1. The van der Waals surface area contributed by atoms with Gasteiger partial charge in [0.2, 0.25) is 5.91 Å². The summed E-state index contributed by atoms with van der Waals surface area (Å²) in [6.45, 7) is 3.30. The van der Waals surface area contributed by atoms with E-state index in [1.165, 1.54) is 0 Å². The van der Waals surface area contributed by atoms with Gasteiger partial charge in [-0.15, -0.1) is 0 Å². The average Bonchev–Trinajstić information content (AvgIpc) is 2.75. The van der Waals surface area contributed by atoms with Crippen LogP contribution in [0.4, 0.5) is 0 Å². The molecule has 4 rings (SSSR count). The number of amides is 1. The molecule has 1 amide bonds. The molecule has 7 heteroatoms. The van der Waals surface area contributed by atoms with Crippen LogP contribution in [0, 0.1) is 11.8 Å². The van der Waals surface area contributed by atoms with Gasteiger partial charge in [0.05, 0.1) is 30.5 Å². The maximum atomic E-state index is 13.0. The molecule has 2 N–H and O–H groups in total. The zero-order valence-electron chi connectivity index (χ0n) is 17.1. The van der Waals surface area contributed by atoms with Crippen molar-refractivity contribution >= 4 is 28.9 Å². The fourth-order valence-corrected chi connectivity index (χ4v) is 4.86. The lowest BCUT2D eigenvalue weighted by atomic mass is 9.78. The van der Waals surface area contributed by atoms with E-state index in [0.717, 1.165) is 57.3 Å². The van der Waals surface area contributed by atoms with E-state index in [9.17, 15) is 9.59 Å². The first-order valence-corrected chi connectivity index (χ1v) is 11.2. The van der Waals surface area contributed by atoms with Crippen molar-refractivity contribution in [3.05, 3.63) is 41.1 Å². The van der Waals surface area contributed by atoms with Gasteiger partial charge in [-0.1, -0.05) is 23.7 Å². The smallest absolute Gasteiger partial charge is 0.220 e. The number of allylic oxidation sites excluding steroid dienone is 1. The normalized spacial score (nSPS) is 27.8. The zero-order chi connectivity index (χ0) is 21.1. The molecule has 3 unspecified atom stereocenters. The maximum Gasteiger partial charge on any atom is 0.220 e. The van der Waals surface area contributed by atoms with E-state index in [2.05, 4.69) is 4.90 Å². The molecular formula is C23H29ClN2O4. The summed E-state index contributed by atoms with van der Waals surface area (Å²) in [7, 11) is 0. The van der Waals surface area contributed by atoms with E-state index in [1.807, 2.05) is 12.1 Å². The highest BCUT2D eigenvalue weighted by atomic mass is 35.5. The molecule has 3 atom stereocenters. The fourth-order valence-electron chi connectivity index (χ4n) is 4.74. The second-order valence-corrected chi connectivity index (χ2v) is 8.94. The van der Waals surface area contributed by atoms with E-state index in [4.69, 9.17) is 26.8 Å². The van der Waals surface area contributed by atoms with Gasteiger partial charge in [0.25, 0.3) is 0 Å². The second kappa shape index (κ2) is 9.50. The molecule has 2 fully saturated rings. The Morgan fingerprint density at radius 1 is 1.17 bits per heavy atom. The number of fused-ring (bicyclic) bond motifs is 1. The van der Waals surface area contributed by atoms with Gasteiger partial charge in [-0.25, -0.2) is 0 Å². The molecule has 6 nitrogen and oxygen atoms in total. The maximum absolute atomic E-state index is 13.0. The summed E-state index contributed by atoms with van der Waals surface area (Å²) >= 11 is 5.95. The number of Topliss-reactive ketones (excluding diaryl/α,β-unsaturated/α-hetero) is 1. The Morgan fingerprint density at radius 3 is 2.60 bits per heavy atom. The van der Waals surface area contributed by atoms with Gasteiger partial charge >= 0.3 is 0 Å². The molecule has 0 spiro atoms. The Kier molecular flexibility index (Phi) is 6.76. The van der Waals surface area contributed by atoms with Crippen molar-refractivity contribution in [2.24, 2.45) is 17.6 Å². The van der Waals surface area contributed by atoms with Gasteiger partial charge < -0.3 is 20.1 Å². The number of likely N-dealkylation sites (tertiary alicyclic amines) is 1. The average molecular weight is 433 g/mol. The molecule has 0 aromatic heterocycles. The largest absolute Gasteiger partial charge is 0.496 e. The number of ketones is 1. The standard InChI is InChI=1S/C23H29ClN2O4/c24-17-3-1-15(2-4-17)20-14-30-21-13-18(5-6-19(21)22(20)27)29-12-11-26-9-7-16(8-10-26)23(25)28/h1-4,14,16,18-19,21H,5-13H2,(H2,25,28). The van der Waals surface area contributed by atoms with Crippen LogP contribution in [0.3, 0.4) is 0 Å². The minimum Gasteiger partial charge on any atom is -0.496 e. The first kappa shape index (κ1) is 21.3. The molecular weight excluding hydrogens is 404 g/mol. The summed E-state index contributed by atoms with van der Waals surface area (Å²) in [5, 5.41) is 0.649. The number of nitrogens with two attached hydrogens (primary N) is 1. The molecule has 1 saturated carbocycles. The third-order valence-electron chi connectivity index (χ3n) is 6.61. The highest BCUT2D eigenvalue weighted by molar-refractivity contribution is 6.30. The van der Waals surface area contributed by atoms with Gasteiger partial charge in [0.1, 0.15) is 6.10 Å². The highest BCUT2D eigenvalue weighted by Crippen LogP contribution is 2.37. The monoisotopic (exact) mass is 432 g/mol. The van der Waals surface area contributed by atoms with Crippen LogP contribution < -0.4 is 5.73 Å². The molecule has 3 aliphatic rings. The summed E-state index contributed by atoms with van der Waals surface area (Å²) < 4.78 is 12.1. The van der Waals surface area contributed by atoms with E-state index >= 15 is 0 Å². The molecule has 2 heterocycles. The number of piperidine rings is 1. The summed E-state index contributed by atoms with van der Waals surface area (Å²) in [4.78, 5) is 26.6. The van der Waals surface area contributed by atoms with Crippen molar-refractivity contribution in [3.63, 3.8) is 0 Å². The Balaban J connectivity index is 1.24. The number of primary amides is 1. The number of ether oxygens (including phenoxy) is 2. The quantitative estimate of drug-likeness (QED) is 0.747. The molecule has 0 bridgehead atoms. The Labute approximate surface area is 182 Å². The van der Waals surface area contributed by atoms with Gasteiger partial charge in [-0.2, -0.15) is 0 Å². The number of hydrogen-bond acceptors (Lipinski definition) is 5. The number of benzene rings is 1. The molecule has 1 aliphatic carbocycles. The van der Waals surface area contributed by atoms with Crippen molar-refractivity contribution in [3.8, 4) is 0 Å². The predicted molar refractivity (Wildman–Crippen MR) is 115 cm³/mol. The number of carbonyl (C=O) groups excluding carboxylic acids is 2. The van der Waals surface area contributed by atoms with Crippen LogP contribution in [-0.4, -0.2) is 55.0 Å². The van der Waals surface area contributed by atoms with Crippen molar-refractivity contribution in [1.29, 1.82) is 0 Å². The van der Waals surface area contributed by atoms with E-state index < -0.39 is 0 Å². The van der Waals surface area contributed by atoms with Crippen molar-refractivity contribution in [2.45, 2.75) is 44.3 Å². The predicted octanol–water partition coefficient (Wildman–Crippen LogP) is 3.03. The van der Waals surface area contributed by atoms with Crippen LogP contribution in [-0.2, 0) is 19.1 Å². The zero-order valence-corrected chi connectivity index (χ0v) is 17.9. The number of carbonyl (C=O) groups is 2. The van der Waals surface area contributed by atoms with E-state index in [0.29, 0.717) is 17.2 Å². The second-order valence-electron chi connectivity index (χ2n) is 8.51. The van der Waals surface area contributed by atoms with Crippen molar-refractivity contribution in [2.75, 3.05) is 26.2 Å². The highest BCUT2D eigenvalue weighted by Gasteiger charge is 2.40. The van der Waals surface area contributed by atoms with Gasteiger partial charge in [-0.3, -0.25) is 9.59 Å². The van der Waals surface area contributed by atoms with Gasteiger partial charge in [0, 0.05) is 23.9 Å². The van der Waals surface area contributed by atoms with E-state index in [1.54, 1.807) is 18.4 Å². The number of rotatable bonds is 6. The Bertz CT molecular complexity index is 802. The summed E-state index contributed by atoms with van der Waals surface area (Å²) in [5.41, 5.74) is 6.87.